The predicted octanol–water partition coefficient (Wildman–Crippen LogP) is 3.35. The molecule has 0 radical (unpaired) electrons. The van der Waals surface area contributed by atoms with E-state index in [2.05, 4.69) is 26.0 Å². The average molecular weight is 241 g/mol. The van der Waals surface area contributed by atoms with Gasteiger partial charge in [-0.1, -0.05) is 45.0 Å². The molecule has 0 aromatic heterocycles. The van der Waals surface area contributed by atoms with Gasteiger partial charge in [-0.15, -0.1) is 12.4 Å². The molecule has 0 saturated heterocycles. The molecule has 0 heterocycles. The summed E-state index contributed by atoms with van der Waals surface area (Å²) in [4.78, 5) is 0. The lowest BCUT2D eigenvalue weighted by Gasteiger charge is -2.16. The standard InChI is InChI=1S/C13H20N2.ClH/c1-9(2)8-11-6-4-5-7-12(11)10(3)13(14)15;/h4-7,9-10H,8H2,1-3H3,(H3,14,15);1H/t10-;/m1./s1. The summed E-state index contributed by atoms with van der Waals surface area (Å²) >= 11 is 0. The van der Waals surface area contributed by atoms with Gasteiger partial charge in [-0.3, -0.25) is 5.41 Å². The van der Waals surface area contributed by atoms with Crippen LogP contribution in [0, 0.1) is 11.3 Å². The molecule has 0 fully saturated rings. The van der Waals surface area contributed by atoms with Gasteiger partial charge in [0.25, 0.3) is 0 Å². The lowest BCUT2D eigenvalue weighted by Crippen LogP contribution is -2.19. The highest BCUT2D eigenvalue weighted by molar-refractivity contribution is 5.85. The lowest BCUT2D eigenvalue weighted by atomic mass is 9.90. The molecule has 90 valence electrons. The Bertz CT molecular complexity index is 348. The van der Waals surface area contributed by atoms with E-state index in [0.717, 1.165) is 6.42 Å². The van der Waals surface area contributed by atoms with Crippen LogP contribution in [-0.4, -0.2) is 5.84 Å². The summed E-state index contributed by atoms with van der Waals surface area (Å²) < 4.78 is 0. The van der Waals surface area contributed by atoms with Crippen molar-refractivity contribution >= 4 is 18.2 Å². The van der Waals surface area contributed by atoms with Gasteiger partial charge < -0.3 is 5.73 Å². The molecule has 1 aromatic carbocycles. The van der Waals surface area contributed by atoms with Crippen LogP contribution in [-0.2, 0) is 6.42 Å². The number of amidine groups is 1. The lowest BCUT2D eigenvalue weighted by molar-refractivity contribution is 0.641. The molecule has 0 spiro atoms. The fourth-order valence-electron chi connectivity index (χ4n) is 1.75. The van der Waals surface area contributed by atoms with Crippen molar-refractivity contribution in [2.45, 2.75) is 33.1 Å². The monoisotopic (exact) mass is 240 g/mol. The zero-order chi connectivity index (χ0) is 11.4. The van der Waals surface area contributed by atoms with Crippen LogP contribution >= 0.6 is 12.4 Å². The van der Waals surface area contributed by atoms with Gasteiger partial charge >= 0.3 is 0 Å². The van der Waals surface area contributed by atoms with Gasteiger partial charge in [0.2, 0.25) is 0 Å². The SMILES string of the molecule is CC(C)Cc1ccccc1[C@@H](C)C(=N)N.Cl. The zero-order valence-electron chi connectivity index (χ0n) is 10.2. The molecule has 0 amide bonds. The molecule has 0 aliphatic carbocycles. The third-order valence-corrected chi connectivity index (χ3v) is 2.62. The average Bonchev–Trinajstić information content (AvgIpc) is 2.16. The zero-order valence-corrected chi connectivity index (χ0v) is 11.0. The summed E-state index contributed by atoms with van der Waals surface area (Å²) in [5.74, 6) is 0.900. The van der Waals surface area contributed by atoms with Gasteiger partial charge in [-0.25, -0.2) is 0 Å². The van der Waals surface area contributed by atoms with E-state index in [4.69, 9.17) is 11.1 Å². The van der Waals surface area contributed by atoms with Gasteiger partial charge in [0.05, 0.1) is 5.84 Å². The molecule has 0 aliphatic rings. The van der Waals surface area contributed by atoms with Crippen LogP contribution in [0.3, 0.4) is 0 Å². The van der Waals surface area contributed by atoms with Crippen LogP contribution in [0.15, 0.2) is 24.3 Å². The predicted molar refractivity (Wildman–Crippen MR) is 72.6 cm³/mol. The molecular formula is C13H21ClN2. The van der Waals surface area contributed by atoms with E-state index in [1.807, 2.05) is 19.1 Å². The van der Waals surface area contributed by atoms with E-state index < -0.39 is 0 Å². The molecule has 0 bridgehead atoms. The second-order valence-electron chi connectivity index (χ2n) is 4.47. The highest BCUT2D eigenvalue weighted by Gasteiger charge is 2.12. The maximum atomic E-state index is 7.49. The second kappa shape index (κ2) is 6.54. The molecular weight excluding hydrogens is 220 g/mol. The fourth-order valence-corrected chi connectivity index (χ4v) is 1.75. The maximum absolute atomic E-state index is 7.49. The van der Waals surface area contributed by atoms with Crippen LogP contribution in [0.5, 0.6) is 0 Å². The highest BCUT2D eigenvalue weighted by Crippen LogP contribution is 2.22. The van der Waals surface area contributed by atoms with Crippen LogP contribution in [0.25, 0.3) is 0 Å². The number of hydrogen-bond acceptors (Lipinski definition) is 1. The molecule has 0 aliphatic heterocycles. The molecule has 1 aromatic rings. The highest BCUT2D eigenvalue weighted by atomic mass is 35.5. The van der Waals surface area contributed by atoms with E-state index in [9.17, 15) is 0 Å². The smallest absolute Gasteiger partial charge is 0.0979 e. The first-order valence-electron chi connectivity index (χ1n) is 5.44. The number of hydrogen-bond donors (Lipinski definition) is 2. The van der Waals surface area contributed by atoms with Crippen LogP contribution in [0.4, 0.5) is 0 Å². The Morgan fingerprint density at radius 3 is 2.31 bits per heavy atom. The fraction of sp³-hybridized carbons (Fsp3) is 0.462. The van der Waals surface area contributed by atoms with Gasteiger partial charge in [-0.05, 0) is 23.5 Å². The summed E-state index contributed by atoms with van der Waals surface area (Å²) in [6.45, 7) is 6.39. The molecule has 1 rings (SSSR count). The van der Waals surface area contributed by atoms with Gasteiger partial charge in [0.1, 0.15) is 0 Å². The molecule has 0 saturated carbocycles. The molecule has 3 heteroatoms. The number of nitrogens with one attached hydrogen (secondary N) is 1. The van der Waals surface area contributed by atoms with E-state index in [1.54, 1.807) is 0 Å². The maximum Gasteiger partial charge on any atom is 0.0979 e. The largest absolute Gasteiger partial charge is 0.387 e. The molecule has 3 N–H and O–H groups in total. The van der Waals surface area contributed by atoms with Crippen molar-refractivity contribution in [3.63, 3.8) is 0 Å². The van der Waals surface area contributed by atoms with E-state index in [-0.39, 0.29) is 24.2 Å². The summed E-state index contributed by atoms with van der Waals surface area (Å²) in [5.41, 5.74) is 8.06. The summed E-state index contributed by atoms with van der Waals surface area (Å²) in [6, 6.07) is 8.27. The third kappa shape index (κ3) is 3.86. The van der Waals surface area contributed by atoms with Crippen molar-refractivity contribution < 1.29 is 0 Å². The topological polar surface area (TPSA) is 49.9 Å². The Labute approximate surface area is 104 Å². The first kappa shape index (κ1) is 15.0. The Hall–Kier alpha value is -1.02. The number of benzene rings is 1. The molecule has 2 nitrogen and oxygen atoms in total. The Morgan fingerprint density at radius 2 is 1.81 bits per heavy atom. The molecule has 1 atom stereocenters. The van der Waals surface area contributed by atoms with Gasteiger partial charge in [-0.2, -0.15) is 0 Å². The summed E-state index contributed by atoms with van der Waals surface area (Å²) in [6.07, 6.45) is 1.05. The van der Waals surface area contributed by atoms with Gasteiger partial charge in [0, 0.05) is 5.92 Å². The van der Waals surface area contributed by atoms with Crippen LogP contribution < -0.4 is 5.73 Å². The first-order valence-corrected chi connectivity index (χ1v) is 5.44. The Morgan fingerprint density at radius 1 is 1.25 bits per heavy atom. The van der Waals surface area contributed by atoms with E-state index >= 15 is 0 Å². The van der Waals surface area contributed by atoms with E-state index in [0.29, 0.717) is 5.92 Å². The normalized spacial score (nSPS) is 12.0. The minimum atomic E-state index is 0. The van der Waals surface area contributed by atoms with Crippen LogP contribution in [0.1, 0.15) is 37.8 Å². The number of halogens is 1. The molecule has 0 unspecified atom stereocenters. The van der Waals surface area contributed by atoms with Gasteiger partial charge in [0.15, 0.2) is 0 Å². The second-order valence-corrected chi connectivity index (χ2v) is 4.47. The van der Waals surface area contributed by atoms with Crippen molar-refractivity contribution in [3.05, 3.63) is 35.4 Å². The van der Waals surface area contributed by atoms with Crippen molar-refractivity contribution in [2.24, 2.45) is 11.7 Å². The van der Waals surface area contributed by atoms with Crippen molar-refractivity contribution in [2.75, 3.05) is 0 Å². The minimum absolute atomic E-state index is 0. The Balaban J connectivity index is 0.00000225. The van der Waals surface area contributed by atoms with E-state index in [1.165, 1.54) is 11.1 Å². The van der Waals surface area contributed by atoms with Crippen molar-refractivity contribution in [3.8, 4) is 0 Å². The molecule has 16 heavy (non-hydrogen) atoms. The quantitative estimate of drug-likeness (QED) is 0.616. The van der Waals surface area contributed by atoms with Crippen molar-refractivity contribution in [1.82, 2.24) is 0 Å². The first-order chi connectivity index (χ1) is 7.02. The number of nitrogens with two attached hydrogens (primary N) is 1. The minimum Gasteiger partial charge on any atom is -0.387 e. The Kier molecular flexibility index (Phi) is 6.12. The van der Waals surface area contributed by atoms with Crippen LogP contribution in [0.2, 0.25) is 0 Å². The number of rotatable bonds is 4. The summed E-state index contributed by atoms with van der Waals surface area (Å²) in [7, 11) is 0. The summed E-state index contributed by atoms with van der Waals surface area (Å²) in [5, 5.41) is 7.49. The third-order valence-electron chi connectivity index (χ3n) is 2.62. The van der Waals surface area contributed by atoms with Crippen molar-refractivity contribution in [1.29, 1.82) is 5.41 Å².